The summed E-state index contributed by atoms with van der Waals surface area (Å²) in [6.45, 7) is 0. The Labute approximate surface area is 217 Å². The summed E-state index contributed by atoms with van der Waals surface area (Å²) in [5.41, 5.74) is 8.60. The maximum Gasteiger partial charge on any atom is 0.269 e. The van der Waals surface area contributed by atoms with Crippen molar-refractivity contribution < 1.29 is 9.67 Å². The summed E-state index contributed by atoms with van der Waals surface area (Å²) in [6, 6.07) is 40.4. The van der Waals surface area contributed by atoms with Crippen LogP contribution in [0.4, 0.5) is 0 Å². The van der Waals surface area contributed by atoms with Crippen molar-refractivity contribution in [3.05, 3.63) is 128 Å². The van der Waals surface area contributed by atoms with E-state index in [-0.39, 0.29) is 5.75 Å². The lowest BCUT2D eigenvalue weighted by atomic mass is 10.2. The average Bonchev–Trinajstić information content (AvgIpc) is 3.63. The zero-order valence-electron chi connectivity index (χ0n) is 20.2. The third-order valence-corrected chi connectivity index (χ3v) is 7.15. The number of rotatable bonds is 3. The van der Waals surface area contributed by atoms with Crippen molar-refractivity contribution in [3.63, 3.8) is 0 Å². The van der Waals surface area contributed by atoms with Crippen molar-refractivity contribution >= 4 is 38.9 Å². The second kappa shape index (κ2) is 7.82. The molecular formula is C32H21N5O. The van der Waals surface area contributed by atoms with E-state index in [4.69, 9.17) is 4.98 Å². The van der Waals surface area contributed by atoms with E-state index in [1.165, 1.54) is 0 Å². The molecule has 0 radical (unpaired) electrons. The van der Waals surface area contributed by atoms with Crippen molar-refractivity contribution in [3.8, 4) is 22.8 Å². The lowest BCUT2D eigenvalue weighted by Gasteiger charge is -2.07. The fourth-order valence-corrected chi connectivity index (χ4v) is 5.49. The highest BCUT2D eigenvalue weighted by atomic mass is 16.3. The third-order valence-electron chi connectivity index (χ3n) is 7.15. The van der Waals surface area contributed by atoms with Gasteiger partial charge in [0.1, 0.15) is 11.3 Å². The molecule has 1 N–H and O–H groups in total. The molecule has 6 nitrogen and oxygen atoms in total. The van der Waals surface area contributed by atoms with E-state index in [9.17, 15) is 5.11 Å². The Morgan fingerprint density at radius 3 is 2.16 bits per heavy atom. The number of para-hydroxylation sites is 8. The third kappa shape index (κ3) is 2.82. The minimum atomic E-state index is 0.205. The maximum absolute atomic E-state index is 10.8. The Kier molecular flexibility index (Phi) is 4.28. The summed E-state index contributed by atoms with van der Waals surface area (Å²) in [4.78, 5) is 5.20. The van der Waals surface area contributed by atoms with Crippen LogP contribution in [0.5, 0.6) is 5.75 Å². The molecule has 0 amide bonds. The maximum atomic E-state index is 10.8. The monoisotopic (exact) mass is 491 g/mol. The van der Waals surface area contributed by atoms with Gasteiger partial charge >= 0.3 is 0 Å². The molecule has 0 aliphatic carbocycles. The molecular weight excluding hydrogens is 470 g/mol. The number of aromatic nitrogens is 5. The number of aromatic hydroxyl groups is 1. The van der Waals surface area contributed by atoms with Crippen LogP contribution in [0, 0.1) is 6.33 Å². The fraction of sp³-hybridized carbons (Fsp3) is 0. The van der Waals surface area contributed by atoms with Gasteiger partial charge in [0.25, 0.3) is 6.33 Å². The van der Waals surface area contributed by atoms with Crippen LogP contribution in [0.2, 0.25) is 0 Å². The first-order valence-corrected chi connectivity index (χ1v) is 12.5. The molecule has 3 heterocycles. The fourth-order valence-electron chi connectivity index (χ4n) is 5.49. The molecule has 5 aromatic carbocycles. The molecule has 38 heavy (non-hydrogen) atoms. The van der Waals surface area contributed by atoms with E-state index >= 15 is 0 Å². The molecule has 0 aliphatic rings. The van der Waals surface area contributed by atoms with Crippen LogP contribution in [0.3, 0.4) is 0 Å². The highest BCUT2D eigenvalue weighted by Crippen LogP contribution is 2.33. The van der Waals surface area contributed by atoms with Crippen LogP contribution < -0.4 is 4.57 Å². The van der Waals surface area contributed by atoms with E-state index in [1.54, 1.807) is 6.07 Å². The number of phenols is 1. The number of nitrogens with zero attached hydrogens (tertiary/aromatic N) is 5. The van der Waals surface area contributed by atoms with Gasteiger partial charge in [-0.1, -0.05) is 72.8 Å². The van der Waals surface area contributed by atoms with E-state index in [1.807, 2.05) is 65.2 Å². The molecule has 0 fully saturated rings. The second-order valence-electron chi connectivity index (χ2n) is 9.30. The topological polar surface area (TPSA) is 51.3 Å². The first-order valence-electron chi connectivity index (χ1n) is 12.5. The molecule has 0 spiro atoms. The molecule has 3 aromatic heterocycles. The highest BCUT2D eigenvalue weighted by molar-refractivity contribution is 5.95. The van der Waals surface area contributed by atoms with Crippen LogP contribution >= 0.6 is 0 Å². The van der Waals surface area contributed by atoms with Gasteiger partial charge in [-0.2, -0.15) is 0 Å². The predicted octanol–water partition coefficient (Wildman–Crippen LogP) is 6.16. The molecule has 6 heteroatoms. The van der Waals surface area contributed by atoms with Gasteiger partial charge in [-0.05, 0) is 48.5 Å². The minimum Gasteiger partial charge on any atom is -0.506 e. The lowest BCUT2D eigenvalue weighted by Crippen LogP contribution is -2.30. The van der Waals surface area contributed by atoms with E-state index in [2.05, 4.69) is 74.5 Å². The Morgan fingerprint density at radius 2 is 1.32 bits per heavy atom. The summed E-state index contributed by atoms with van der Waals surface area (Å²) >= 11 is 0. The van der Waals surface area contributed by atoms with Gasteiger partial charge in [0, 0.05) is 0 Å². The molecule has 8 aromatic rings. The van der Waals surface area contributed by atoms with Crippen molar-refractivity contribution in [1.82, 2.24) is 18.5 Å². The highest BCUT2D eigenvalue weighted by Gasteiger charge is 2.21. The number of fused-ring (bicyclic) bond motifs is 6. The summed E-state index contributed by atoms with van der Waals surface area (Å²) in [5.74, 6) is 0.944. The van der Waals surface area contributed by atoms with Crippen LogP contribution in [0.25, 0.3) is 55.9 Å². The van der Waals surface area contributed by atoms with Crippen molar-refractivity contribution in [1.29, 1.82) is 0 Å². The van der Waals surface area contributed by atoms with Crippen molar-refractivity contribution in [2.24, 2.45) is 0 Å². The lowest BCUT2D eigenvalue weighted by molar-refractivity contribution is -0.571. The van der Waals surface area contributed by atoms with Crippen LogP contribution in [0.1, 0.15) is 0 Å². The van der Waals surface area contributed by atoms with Crippen molar-refractivity contribution in [2.45, 2.75) is 0 Å². The number of hydrogen-bond acceptors (Lipinski definition) is 2. The van der Waals surface area contributed by atoms with E-state index in [0.29, 0.717) is 5.69 Å². The number of imidazole rings is 3. The smallest absolute Gasteiger partial charge is 0.269 e. The first kappa shape index (κ1) is 20.8. The minimum absolute atomic E-state index is 0.205. The zero-order chi connectivity index (χ0) is 25.2. The molecule has 0 saturated heterocycles. The average molecular weight is 492 g/mol. The molecule has 0 bridgehead atoms. The van der Waals surface area contributed by atoms with Gasteiger partial charge in [0.2, 0.25) is 5.78 Å². The Bertz CT molecular complexity index is 2150. The van der Waals surface area contributed by atoms with Crippen molar-refractivity contribution in [2.75, 3.05) is 0 Å². The van der Waals surface area contributed by atoms with Gasteiger partial charge < -0.3 is 5.11 Å². The molecule has 8 rings (SSSR count). The molecule has 0 aliphatic heterocycles. The predicted molar refractivity (Wildman–Crippen MR) is 148 cm³/mol. The van der Waals surface area contributed by atoms with Gasteiger partial charge in [0.05, 0.1) is 44.6 Å². The number of hydrogen-bond donors (Lipinski definition) is 1. The molecule has 180 valence electrons. The largest absolute Gasteiger partial charge is 0.506 e. The van der Waals surface area contributed by atoms with Crippen LogP contribution in [-0.2, 0) is 0 Å². The summed E-state index contributed by atoms with van der Waals surface area (Å²) in [7, 11) is 0. The quantitative estimate of drug-likeness (QED) is 0.238. The number of phenolic OH excluding ortho intramolecular Hbond substituents is 1. The second-order valence-corrected chi connectivity index (χ2v) is 9.30. The van der Waals surface area contributed by atoms with Crippen LogP contribution in [-0.4, -0.2) is 23.6 Å². The molecule has 0 unspecified atom stereocenters. The summed E-state index contributed by atoms with van der Waals surface area (Å²) in [5, 5.41) is 10.8. The first-order chi connectivity index (χ1) is 18.8. The molecule has 0 atom stereocenters. The van der Waals surface area contributed by atoms with Gasteiger partial charge in [-0.3, -0.25) is 18.1 Å². The van der Waals surface area contributed by atoms with Gasteiger partial charge in [-0.15, -0.1) is 0 Å². The van der Waals surface area contributed by atoms with E-state index in [0.717, 1.165) is 50.3 Å². The SMILES string of the molecule is Oc1ccccc1-n1c2ccccc2n2c3cccc(-[n+]4[c-]n(-c5ccccc5)c5ccccc54)c3nc12. The molecule has 0 saturated carbocycles. The Balaban J connectivity index is 1.47. The van der Waals surface area contributed by atoms with Crippen LogP contribution in [0.15, 0.2) is 121 Å². The number of benzene rings is 5. The Hall–Kier alpha value is -5.36. The van der Waals surface area contributed by atoms with Gasteiger partial charge in [-0.25, -0.2) is 4.98 Å². The summed E-state index contributed by atoms with van der Waals surface area (Å²) in [6.07, 6.45) is 3.58. The Morgan fingerprint density at radius 1 is 0.632 bits per heavy atom. The van der Waals surface area contributed by atoms with E-state index < -0.39 is 0 Å². The summed E-state index contributed by atoms with van der Waals surface area (Å²) < 4.78 is 8.36. The normalized spacial score (nSPS) is 11.8. The van der Waals surface area contributed by atoms with Gasteiger partial charge in [0.15, 0.2) is 0 Å². The zero-order valence-corrected chi connectivity index (χ0v) is 20.2. The standard InChI is InChI=1S/C32H21N5O/c38-30-20-9-8-17-27(30)36-25-15-6-7-16-26(25)37-29-19-10-18-28(31(29)33-32(36)37)35-21-34(22-11-2-1-3-12-22)23-13-4-5-14-24(23)35/h1-20,38H.